The van der Waals surface area contributed by atoms with E-state index in [9.17, 15) is 9.90 Å². The topological polar surface area (TPSA) is 99.2 Å². The summed E-state index contributed by atoms with van der Waals surface area (Å²) in [6, 6.07) is 29.9. The van der Waals surface area contributed by atoms with E-state index in [-0.39, 0.29) is 5.91 Å². The number of benzene rings is 4. The molecule has 1 spiro atoms. The first-order valence-electron chi connectivity index (χ1n) is 14.5. The number of aliphatic imine (C=N–C) groups is 1. The summed E-state index contributed by atoms with van der Waals surface area (Å²) in [4.78, 5) is 24.3. The van der Waals surface area contributed by atoms with Gasteiger partial charge in [-0.2, -0.15) is 0 Å². The molecule has 1 saturated carbocycles. The van der Waals surface area contributed by atoms with E-state index in [4.69, 9.17) is 14.5 Å². The smallest absolute Gasteiger partial charge is 0.231 e. The highest BCUT2D eigenvalue weighted by Crippen LogP contribution is 2.73. The van der Waals surface area contributed by atoms with Crippen LogP contribution in [0.2, 0.25) is 0 Å². The quantitative estimate of drug-likeness (QED) is 0.281. The number of methoxy groups -OCH3 is 1. The summed E-state index contributed by atoms with van der Waals surface area (Å²) in [5, 5.41) is 18.9. The number of ether oxygens (including phenoxy) is 2. The van der Waals surface area contributed by atoms with E-state index < -0.39 is 28.7 Å². The molecule has 1 amide bonds. The monoisotopic (exact) mass is 572 g/mol. The van der Waals surface area contributed by atoms with Gasteiger partial charge in [0.15, 0.2) is 11.1 Å². The largest absolute Gasteiger partial charge is 0.497 e. The highest BCUT2D eigenvalue weighted by molar-refractivity contribution is 6.08. The maximum absolute atomic E-state index is 14.3. The average molecular weight is 573 g/mol. The number of aromatic amines is 1. The second-order valence-electron chi connectivity index (χ2n) is 12.0. The lowest BCUT2D eigenvalue weighted by atomic mass is 9.68. The van der Waals surface area contributed by atoms with E-state index in [1.54, 1.807) is 26.1 Å². The fourth-order valence-corrected chi connectivity index (χ4v) is 8.11. The molecule has 8 nitrogen and oxygen atoms in total. The molecule has 1 fully saturated rings. The molecule has 216 valence electrons. The van der Waals surface area contributed by atoms with Gasteiger partial charge in [-0.1, -0.05) is 60.7 Å². The molecule has 5 aromatic rings. The SMILES string of the molecule is COc1ccc([C@@]23Oc4cc5[nH]c6ccccc6c5cc4[C@@]24NC(C)=N[C@@]4(O)[C@H](C(=O)N(C)C)[C@H]3c2ccccc2)cc1. The second kappa shape index (κ2) is 8.61. The van der Waals surface area contributed by atoms with Crippen molar-refractivity contribution in [3.63, 3.8) is 0 Å². The lowest BCUT2D eigenvalue weighted by molar-refractivity contribution is -0.144. The van der Waals surface area contributed by atoms with E-state index in [2.05, 4.69) is 22.4 Å². The van der Waals surface area contributed by atoms with Crippen molar-refractivity contribution < 1.29 is 19.4 Å². The third-order valence-electron chi connectivity index (χ3n) is 9.69. The summed E-state index contributed by atoms with van der Waals surface area (Å²) in [7, 11) is 5.07. The predicted molar refractivity (Wildman–Crippen MR) is 165 cm³/mol. The van der Waals surface area contributed by atoms with Gasteiger partial charge in [-0.3, -0.25) is 4.79 Å². The number of aliphatic hydroxyl groups is 1. The summed E-state index contributed by atoms with van der Waals surface area (Å²) in [5.41, 5.74) is -0.116. The molecule has 5 atom stereocenters. The molecule has 3 heterocycles. The summed E-state index contributed by atoms with van der Waals surface area (Å²) in [6.07, 6.45) is 0. The van der Waals surface area contributed by atoms with E-state index in [1.165, 1.54) is 0 Å². The molecule has 0 saturated heterocycles. The van der Waals surface area contributed by atoms with E-state index in [0.717, 1.165) is 38.5 Å². The summed E-state index contributed by atoms with van der Waals surface area (Å²) in [5.74, 6) is 0.0530. The highest BCUT2D eigenvalue weighted by atomic mass is 16.5. The second-order valence-corrected chi connectivity index (χ2v) is 12.0. The van der Waals surface area contributed by atoms with Crippen LogP contribution >= 0.6 is 0 Å². The van der Waals surface area contributed by atoms with E-state index >= 15 is 0 Å². The first kappa shape index (κ1) is 25.9. The van der Waals surface area contributed by atoms with Gasteiger partial charge in [0, 0.05) is 47.9 Å². The Morgan fingerprint density at radius 1 is 0.953 bits per heavy atom. The van der Waals surface area contributed by atoms with Crippen molar-refractivity contribution in [2.24, 2.45) is 10.9 Å². The lowest BCUT2D eigenvalue weighted by Crippen LogP contribution is -2.63. The lowest BCUT2D eigenvalue weighted by Gasteiger charge is -2.44. The Labute approximate surface area is 249 Å². The van der Waals surface area contributed by atoms with Crippen LogP contribution in [-0.2, 0) is 15.9 Å². The molecular weight excluding hydrogens is 540 g/mol. The Bertz CT molecular complexity index is 1970. The number of nitrogens with one attached hydrogen (secondary N) is 2. The summed E-state index contributed by atoms with van der Waals surface area (Å²) in [6.45, 7) is 1.83. The van der Waals surface area contributed by atoms with Crippen molar-refractivity contribution in [2.45, 2.75) is 29.7 Å². The highest BCUT2D eigenvalue weighted by Gasteiger charge is 2.86. The standard InChI is InChI=1S/C35H32N4O4/c1-20-37-34-26-18-25-24-12-8-9-13-27(24)36-28(25)19-29(26)43-33(34,22-14-16-23(42-4)17-15-22)30(21-10-6-5-7-11-21)31(32(40)39(2)3)35(34,41)38-20/h5-19,30-31,36,41H,1-4H3,(H,37,38)/t30-,31+,33+,34-,35-/m1/s1. The normalized spacial score (nSPS) is 28.5. The zero-order chi connectivity index (χ0) is 29.7. The van der Waals surface area contributed by atoms with Crippen LogP contribution in [0.5, 0.6) is 11.5 Å². The Morgan fingerprint density at radius 2 is 1.67 bits per heavy atom. The molecule has 1 aliphatic carbocycles. The number of fused-ring (bicyclic) bond motifs is 4. The van der Waals surface area contributed by atoms with Gasteiger partial charge in [0.25, 0.3) is 0 Å². The fourth-order valence-electron chi connectivity index (χ4n) is 8.11. The van der Waals surface area contributed by atoms with Crippen LogP contribution in [0.25, 0.3) is 21.8 Å². The first-order valence-corrected chi connectivity index (χ1v) is 14.5. The number of amidine groups is 1. The molecular formula is C35H32N4O4. The molecule has 0 bridgehead atoms. The molecule has 3 N–H and O–H groups in total. The third kappa shape index (κ3) is 3.03. The van der Waals surface area contributed by atoms with Crippen LogP contribution in [0.1, 0.15) is 29.5 Å². The predicted octanol–water partition coefficient (Wildman–Crippen LogP) is 5.02. The first-order chi connectivity index (χ1) is 20.7. The van der Waals surface area contributed by atoms with Gasteiger partial charge in [-0.25, -0.2) is 4.99 Å². The average Bonchev–Trinajstić information content (AvgIpc) is 3.65. The number of carbonyl (C=O) groups is 1. The van der Waals surface area contributed by atoms with Crippen molar-refractivity contribution in [2.75, 3.05) is 21.2 Å². The zero-order valence-corrected chi connectivity index (χ0v) is 24.4. The van der Waals surface area contributed by atoms with Gasteiger partial charge in [0.05, 0.1) is 18.5 Å². The van der Waals surface area contributed by atoms with Crippen LogP contribution in [0.4, 0.5) is 0 Å². The maximum Gasteiger partial charge on any atom is 0.231 e. The van der Waals surface area contributed by atoms with E-state index in [0.29, 0.717) is 17.3 Å². The maximum atomic E-state index is 14.3. The Kier molecular flexibility index (Phi) is 5.18. The summed E-state index contributed by atoms with van der Waals surface area (Å²) < 4.78 is 12.8. The number of hydrogen-bond acceptors (Lipinski definition) is 6. The minimum absolute atomic E-state index is 0.225. The van der Waals surface area contributed by atoms with Gasteiger partial charge >= 0.3 is 0 Å². The number of amides is 1. The number of H-pyrrole nitrogens is 1. The molecule has 0 radical (unpaired) electrons. The van der Waals surface area contributed by atoms with Gasteiger partial charge in [0.2, 0.25) is 11.6 Å². The summed E-state index contributed by atoms with van der Waals surface area (Å²) >= 11 is 0. The number of hydrogen-bond donors (Lipinski definition) is 3. The van der Waals surface area contributed by atoms with Gasteiger partial charge in [-0.05, 0) is 42.3 Å². The Hall–Kier alpha value is -4.82. The Morgan fingerprint density at radius 3 is 2.40 bits per heavy atom. The van der Waals surface area contributed by atoms with Crippen LogP contribution in [0.15, 0.2) is 96.0 Å². The molecule has 0 unspecified atom stereocenters. The van der Waals surface area contributed by atoms with Gasteiger partial charge in [-0.15, -0.1) is 0 Å². The minimum Gasteiger partial charge on any atom is -0.497 e. The molecule has 1 aromatic heterocycles. The molecule has 8 heteroatoms. The minimum atomic E-state index is -1.89. The van der Waals surface area contributed by atoms with Crippen LogP contribution in [-0.4, -0.2) is 53.7 Å². The van der Waals surface area contributed by atoms with Gasteiger partial charge < -0.3 is 29.8 Å². The van der Waals surface area contributed by atoms with Crippen molar-refractivity contribution in [3.05, 3.63) is 108 Å². The van der Waals surface area contributed by atoms with Crippen molar-refractivity contribution >= 4 is 33.5 Å². The number of nitrogens with zero attached hydrogens (tertiary/aromatic N) is 2. The van der Waals surface area contributed by atoms with Crippen molar-refractivity contribution in [1.29, 1.82) is 0 Å². The van der Waals surface area contributed by atoms with Gasteiger partial charge in [0.1, 0.15) is 17.4 Å². The number of para-hydroxylation sites is 1. The molecule has 43 heavy (non-hydrogen) atoms. The number of carbonyl (C=O) groups excluding carboxylic acids is 1. The van der Waals surface area contributed by atoms with Crippen molar-refractivity contribution in [1.82, 2.24) is 15.2 Å². The zero-order valence-electron chi connectivity index (χ0n) is 24.4. The van der Waals surface area contributed by atoms with Crippen LogP contribution in [0, 0.1) is 5.92 Å². The molecule has 4 aromatic carbocycles. The Balaban J connectivity index is 1.52. The van der Waals surface area contributed by atoms with Crippen LogP contribution < -0.4 is 14.8 Å². The van der Waals surface area contributed by atoms with Crippen molar-refractivity contribution in [3.8, 4) is 11.5 Å². The molecule has 3 aliphatic rings. The fraction of sp³-hybridized carbons (Fsp3) is 0.257. The number of aromatic nitrogens is 1. The third-order valence-corrected chi connectivity index (χ3v) is 9.69. The molecule has 2 aliphatic heterocycles. The van der Waals surface area contributed by atoms with E-state index in [1.807, 2.05) is 85.8 Å². The van der Waals surface area contributed by atoms with Crippen LogP contribution in [0.3, 0.4) is 0 Å². The number of rotatable bonds is 4. The molecule has 8 rings (SSSR count).